The molecule has 1 heterocycles. The standard InChI is InChI=1S/C14H9BrF2N2O/c15-6-10-4-12(16)14(13(17)5-10)20-8-9-1-2-19-11(3-9)7-18/h1-5H,6,8H2. The van der Waals surface area contributed by atoms with E-state index in [2.05, 4.69) is 20.9 Å². The van der Waals surface area contributed by atoms with Crippen molar-refractivity contribution < 1.29 is 13.5 Å². The Hall–Kier alpha value is -2.00. The predicted molar refractivity (Wildman–Crippen MR) is 72.3 cm³/mol. The van der Waals surface area contributed by atoms with Crippen LogP contribution in [0.2, 0.25) is 0 Å². The zero-order valence-corrected chi connectivity index (χ0v) is 11.8. The summed E-state index contributed by atoms with van der Waals surface area (Å²) in [5.74, 6) is -1.94. The van der Waals surface area contributed by atoms with Gasteiger partial charge in [0.05, 0.1) is 0 Å². The lowest BCUT2D eigenvalue weighted by atomic mass is 10.2. The highest BCUT2D eigenvalue weighted by Gasteiger charge is 2.12. The van der Waals surface area contributed by atoms with Crippen molar-refractivity contribution in [2.75, 3.05) is 0 Å². The van der Waals surface area contributed by atoms with Gasteiger partial charge in [0, 0.05) is 11.5 Å². The van der Waals surface area contributed by atoms with Crippen LogP contribution in [-0.2, 0) is 11.9 Å². The molecule has 2 aromatic rings. The molecule has 0 spiro atoms. The number of benzene rings is 1. The molecular formula is C14H9BrF2N2O. The number of hydrogen-bond acceptors (Lipinski definition) is 3. The second-order valence-electron chi connectivity index (χ2n) is 3.97. The van der Waals surface area contributed by atoms with Crippen LogP contribution in [0.15, 0.2) is 30.5 Å². The first-order valence-electron chi connectivity index (χ1n) is 5.65. The van der Waals surface area contributed by atoms with E-state index in [1.165, 1.54) is 24.4 Å². The molecule has 0 fully saturated rings. The number of aromatic nitrogens is 1. The summed E-state index contributed by atoms with van der Waals surface area (Å²) >= 11 is 3.13. The van der Waals surface area contributed by atoms with Gasteiger partial charge in [-0.25, -0.2) is 13.8 Å². The van der Waals surface area contributed by atoms with E-state index >= 15 is 0 Å². The van der Waals surface area contributed by atoms with E-state index in [1.807, 2.05) is 6.07 Å². The van der Waals surface area contributed by atoms with Crippen LogP contribution in [0.1, 0.15) is 16.8 Å². The maximum atomic E-state index is 13.7. The third kappa shape index (κ3) is 3.31. The Bertz CT molecular complexity index is 647. The van der Waals surface area contributed by atoms with Gasteiger partial charge in [-0.15, -0.1) is 0 Å². The number of rotatable bonds is 4. The quantitative estimate of drug-likeness (QED) is 0.798. The van der Waals surface area contributed by atoms with E-state index in [0.717, 1.165) is 0 Å². The molecule has 102 valence electrons. The first-order chi connectivity index (χ1) is 9.63. The summed E-state index contributed by atoms with van der Waals surface area (Å²) in [6.07, 6.45) is 1.44. The summed E-state index contributed by atoms with van der Waals surface area (Å²) in [5, 5.41) is 9.07. The van der Waals surface area contributed by atoms with Crippen LogP contribution < -0.4 is 4.74 Å². The van der Waals surface area contributed by atoms with Crippen molar-refractivity contribution in [3.63, 3.8) is 0 Å². The number of nitriles is 1. The second kappa shape index (κ2) is 6.44. The molecule has 0 atom stereocenters. The number of alkyl halides is 1. The lowest BCUT2D eigenvalue weighted by Gasteiger charge is -2.09. The van der Waals surface area contributed by atoms with Crippen molar-refractivity contribution in [3.8, 4) is 11.8 Å². The Balaban J connectivity index is 2.17. The summed E-state index contributed by atoms with van der Waals surface area (Å²) < 4.78 is 32.5. The Labute approximate surface area is 123 Å². The molecule has 3 nitrogen and oxygen atoms in total. The minimum Gasteiger partial charge on any atom is -0.483 e. The number of pyridine rings is 1. The largest absolute Gasteiger partial charge is 0.483 e. The van der Waals surface area contributed by atoms with E-state index in [-0.39, 0.29) is 12.3 Å². The second-order valence-corrected chi connectivity index (χ2v) is 4.53. The van der Waals surface area contributed by atoms with Gasteiger partial charge in [-0.05, 0) is 35.4 Å². The maximum Gasteiger partial charge on any atom is 0.191 e. The van der Waals surface area contributed by atoms with Crippen LogP contribution in [0.3, 0.4) is 0 Å². The van der Waals surface area contributed by atoms with Gasteiger partial charge in [-0.3, -0.25) is 0 Å². The molecule has 0 aliphatic carbocycles. The number of halogens is 3. The fraction of sp³-hybridized carbons (Fsp3) is 0.143. The van der Waals surface area contributed by atoms with E-state index in [4.69, 9.17) is 10.00 Å². The van der Waals surface area contributed by atoms with Crippen LogP contribution in [0.4, 0.5) is 8.78 Å². The Morgan fingerprint density at radius 3 is 2.50 bits per heavy atom. The lowest BCUT2D eigenvalue weighted by Crippen LogP contribution is -2.01. The van der Waals surface area contributed by atoms with Gasteiger partial charge in [-0.1, -0.05) is 15.9 Å². The summed E-state index contributed by atoms with van der Waals surface area (Å²) in [7, 11) is 0. The normalized spacial score (nSPS) is 10.1. The molecule has 6 heteroatoms. The van der Waals surface area contributed by atoms with Crippen molar-refractivity contribution in [2.24, 2.45) is 0 Å². The predicted octanol–water partition coefficient (Wildman–Crippen LogP) is 3.71. The zero-order chi connectivity index (χ0) is 14.5. The molecule has 0 amide bonds. The molecule has 1 aromatic heterocycles. The van der Waals surface area contributed by atoms with Crippen LogP contribution in [-0.4, -0.2) is 4.98 Å². The number of nitrogens with zero attached hydrogens (tertiary/aromatic N) is 2. The van der Waals surface area contributed by atoms with E-state index in [9.17, 15) is 8.78 Å². The summed E-state index contributed by atoms with van der Waals surface area (Å²) in [6, 6.07) is 7.42. The van der Waals surface area contributed by atoms with Crippen molar-refractivity contribution in [2.45, 2.75) is 11.9 Å². The molecule has 2 rings (SSSR count). The molecule has 0 saturated carbocycles. The Morgan fingerprint density at radius 2 is 1.90 bits per heavy atom. The number of hydrogen-bond donors (Lipinski definition) is 0. The highest BCUT2D eigenvalue weighted by atomic mass is 79.9. The van der Waals surface area contributed by atoms with Crippen LogP contribution >= 0.6 is 15.9 Å². The molecular weight excluding hydrogens is 330 g/mol. The molecule has 0 aliphatic heterocycles. The van der Waals surface area contributed by atoms with Crippen molar-refractivity contribution in [1.82, 2.24) is 4.98 Å². The molecule has 0 bridgehead atoms. The van der Waals surface area contributed by atoms with E-state index in [1.54, 1.807) is 6.07 Å². The average Bonchev–Trinajstić information content (AvgIpc) is 2.46. The minimum absolute atomic E-state index is 0.0430. The molecule has 0 unspecified atom stereocenters. The summed E-state index contributed by atoms with van der Waals surface area (Å²) in [6.45, 7) is -0.0430. The Kier molecular flexibility index (Phi) is 4.64. The van der Waals surface area contributed by atoms with Gasteiger partial charge < -0.3 is 4.74 Å². The van der Waals surface area contributed by atoms with Crippen LogP contribution in [0, 0.1) is 23.0 Å². The lowest BCUT2D eigenvalue weighted by molar-refractivity contribution is 0.274. The zero-order valence-electron chi connectivity index (χ0n) is 10.2. The molecule has 0 radical (unpaired) electrons. The van der Waals surface area contributed by atoms with E-state index < -0.39 is 17.4 Å². The molecule has 0 aliphatic rings. The van der Waals surface area contributed by atoms with Crippen LogP contribution in [0.25, 0.3) is 0 Å². The SMILES string of the molecule is N#Cc1cc(COc2c(F)cc(CBr)cc2F)ccn1. The first kappa shape index (κ1) is 14.4. The fourth-order valence-electron chi connectivity index (χ4n) is 1.61. The molecule has 0 N–H and O–H groups in total. The van der Waals surface area contributed by atoms with Gasteiger partial charge in [0.2, 0.25) is 0 Å². The van der Waals surface area contributed by atoms with Crippen LogP contribution in [0.5, 0.6) is 5.75 Å². The Morgan fingerprint density at radius 1 is 1.20 bits per heavy atom. The van der Waals surface area contributed by atoms with Crippen molar-refractivity contribution in [1.29, 1.82) is 5.26 Å². The fourth-order valence-corrected chi connectivity index (χ4v) is 1.93. The first-order valence-corrected chi connectivity index (χ1v) is 6.78. The van der Waals surface area contributed by atoms with Gasteiger partial charge in [0.1, 0.15) is 18.4 Å². The van der Waals surface area contributed by atoms with Crippen molar-refractivity contribution >= 4 is 15.9 Å². The highest BCUT2D eigenvalue weighted by Crippen LogP contribution is 2.25. The highest BCUT2D eigenvalue weighted by molar-refractivity contribution is 9.08. The third-order valence-corrected chi connectivity index (χ3v) is 3.18. The third-order valence-electron chi connectivity index (χ3n) is 2.53. The van der Waals surface area contributed by atoms with E-state index in [0.29, 0.717) is 16.5 Å². The average molecular weight is 339 g/mol. The molecule has 1 aromatic carbocycles. The molecule has 0 saturated heterocycles. The van der Waals surface area contributed by atoms with Gasteiger partial charge in [0.25, 0.3) is 0 Å². The summed E-state index contributed by atoms with van der Waals surface area (Å²) in [4.78, 5) is 3.80. The molecule has 20 heavy (non-hydrogen) atoms. The smallest absolute Gasteiger partial charge is 0.191 e. The minimum atomic E-state index is -0.756. The van der Waals surface area contributed by atoms with Gasteiger partial charge in [-0.2, -0.15) is 5.26 Å². The maximum absolute atomic E-state index is 13.7. The monoisotopic (exact) mass is 338 g/mol. The van der Waals surface area contributed by atoms with Gasteiger partial charge in [0.15, 0.2) is 17.4 Å². The van der Waals surface area contributed by atoms with Gasteiger partial charge >= 0.3 is 0 Å². The van der Waals surface area contributed by atoms with Crippen molar-refractivity contribution in [3.05, 3.63) is 58.9 Å². The topological polar surface area (TPSA) is 45.9 Å². The summed E-state index contributed by atoms with van der Waals surface area (Å²) in [5.41, 5.74) is 1.32. The number of ether oxygens (including phenoxy) is 1.